The molecular formula is C20H12Br2N4. The van der Waals surface area contributed by atoms with Crippen LogP contribution in [0, 0.1) is 39.4 Å². The van der Waals surface area contributed by atoms with Gasteiger partial charge in [-0.05, 0) is 23.3 Å². The van der Waals surface area contributed by atoms with E-state index in [0.29, 0.717) is 0 Å². The van der Waals surface area contributed by atoms with Gasteiger partial charge in [0.1, 0.15) is 0 Å². The molecule has 0 amide bonds. The van der Waals surface area contributed by atoms with Crippen LogP contribution in [0.1, 0.15) is 23.0 Å². The third-order valence-electron chi connectivity index (χ3n) is 4.78. The highest BCUT2D eigenvalue weighted by molar-refractivity contribution is 9.10. The zero-order chi connectivity index (χ0) is 18.9. The van der Waals surface area contributed by atoms with Gasteiger partial charge >= 0.3 is 0 Å². The van der Waals surface area contributed by atoms with Gasteiger partial charge in [-0.3, -0.25) is 0 Å². The van der Waals surface area contributed by atoms with Gasteiger partial charge in [-0.1, -0.05) is 68.3 Å². The molecule has 1 aliphatic rings. The fourth-order valence-corrected chi connectivity index (χ4v) is 4.64. The van der Waals surface area contributed by atoms with Crippen molar-refractivity contribution in [2.75, 3.05) is 0 Å². The maximum absolute atomic E-state index is 9.93. The Morgan fingerprint density at radius 3 is 1.81 bits per heavy atom. The van der Waals surface area contributed by atoms with E-state index < -0.39 is 17.3 Å². The summed E-state index contributed by atoms with van der Waals surface area (Å²) in [7, 11) is 0. The predicted molar refractivity (Wildman–Crippen MR) is 104 cm³/mol. The summed E-state index contributed by atoms with van der Waals surface area (Å²) >= 11 is 7.06. The van der Waals surface area contributed by atoms with Gasteiger partial charge in [0.2, 0.25) is 0 Å². The number of nitrogens with zero attached hydrogens (tertiary/aromatic N) is 3. The van der Waals surface area contributed by atoms with E-state index in [1.807, 2.05) is 48.5 Å². The number of hydrogen-bond donors (Lipinski definition) is 1. The summed E-state index contributed by atoms with van der Waals surface area (Å²) in [5.41, 5.74) is 6.50. The molecule has 4 nitrogen and oxygen atoms in total. The Morgan fingerprint density at radius 1 is 0.846 bits per heavy atom. The van der Waals surface area contributed by atoms with Gasteiger partial charge in [-0.2, -0.15) is 15.8 Å². The van der Waals surface area contributed by atoms with Gasteiger partial charge in [-0.15, -0.1) is 0 Å². The summed E-state index contributed by atoms with van der Waals surface area (Å²) in [5.74, 6) is -1.12. The summed E-state index contributed by atoms with van der Waals surface area (Å²) in [6, 6.07) is 21.3. The minimum absolute atomic E-state index is 0.0338. The standard InChI is InChI=1S/C20H12Br2N4/c21-15-7-3-1-5-12(15)17-14(9-23)19(26)20(10-24,11-25)18(17)13-6-2-4-8-16(13)22/h1-8,17-18H,26H2/t17-,18+/m0/s1. The molecule has 0 aromatic heterocycles. The Labute approximate surface area is 168 Å². The first-order valence-corrected chi connectivity index (χ1v) is 9.32. The SMILES string of the molecule is N#CC1=C(N)C(C#N)(C#N)[C@H](c2ccccc2Br)[C@H]1c1ccccc1Br. The van der Waals surface area contributed by atoms with Crippen LogP contribution in [0.25, 0.3) is 0 Å². The van der Waals surface area contributed by atoms with Crippen molar-refractivity contribution in [3.8, 4) is 18.2 Å². The maximum Gasteiger partial charge on any atom is 0.191 e. The molecule has 0 radical (unpaired) electrons. The molecule has 0 unspecified atom stereocenters. The molecule has 2 aromatic carbocycles. The van der Waals surface area contributed by atoms with Crippen molar-refractivity contribution in [3.05, 3.63) is 79.9 Å². The van der Waals surface area contributed by atoms with Crippen LogP contribution < -0.4 is 5.73 Å². The van der Waals surface area contributed by atoms with Crippen molar-refractivity contribution < 1.29 is 0 Å². The average Bonchev–Trinajstić information content (AvgIpc) is 2.90. The molecule has 3 rings (SSSR count). The second-order valence-electron chi connectivity index (χ2n) is 5.97. The highest BCUT2D eigenvalue weighted by Gasteiger charge is 2.56. The number of hydrogen-bond acceptors (Lipinski definition) is 4. The van der Waals surface area contributed by atoms with Crippen LogP contribution in [-0.2, 0) is 0 Å². The van der Waals surface area contributed by atoms with Gasteiger partial charge < -0.3 is 5.73 Å². The second-order valence-corrected chi connectivity index (χ2v) is 7.68. The normalized spacial score (nSPS) is 20.9. The number of nitriles is 3. The van der Waals surface area contributed by atoms with Crippen molar-refractivity contribution >= 4 is 31.9 Å². The molecule has 0 aliphatic heterocycles. The molecule has 2 atom stereocenters. The third kappa shape index (κ3) is 2.53. The second kappa shape index (κ2) is 6.96. The first kappa shape index (κ1) is 18.2. The van der Waals surface area contributed by atoms with Crippen molar-refractivity contribution in [1.82, 2.24) is 0 Å². The van der Waals surface area contributed by atoms with Crippen LogP contribution in [0.15, 0.2) is 68.7 Å². The predicted octanol–water partition coefficient (Wildman–Crippen LogP) is 4.86. The van der Waals surface area contributed by atoms with Crippen LogP contribution in [0.5, 0.6) is 0 Å². The summed E-state index contributed by atoms with van der Waals surface area (Å²) < 4.78 is 1.57. The van der Waals surface area contributed by atoms with E-state index in [1.54, 1.807) is 0 Å². The molecule has 0 bridgehead atoms. The molecule has 126 valence electrons. The molecular weight excluding hydrogens is 456 g/mol. The van der Waals surface area contributed by atoms with Crippen molar-refractivity contribution in [2.45, 2.75) is 11.8 Å². The summed E-state index contributed by atoms with van der Waals surface area (Å²) in [4.78, 5) is 0. The van der Waals surface area contributed by atoms with Gasteiger partial charge in [0.25, 0.3) is 0 Å². The lowest BCUT2D eigenvalue weighted by Crippen LogP contribution is -2.29. The number of halogens is 2. The molecule has 0 heterocycles. The fourth-order valence-electron chi connectivity index (χ4n) is 3.58. The average molecular weight is 468 g/mol. The zero-order valence-electron chi connectivity index (χ0n) is 13.4. The molecule has 0 spiro atoms. The molecule has 1 aliphatic carbocycles. The van der Waals surface area contributed by atoms with E-state index in [1.165, 1.54) is 0 Å². The van der Waals surface area contributed by atoms with Crippen LogP contribution >= 0.6 is 31.9 Å². The van der Waals surface area contributed by atoms with E-state index in [-0.39, 0.29) is 11.3 Å². The smallest absolute Gasteiger partial charge is 0.191 e. The number of benzene rings is 2. The maximum atomic E-state index is 9.93. The van der Waals surface area contributed by atoms with E-state index in [0.717, 1.165) is 20.1 Å². The van der Waals surface area contributed by atoms with Gasteiger partial charge in [0, 0.05) is 20.8 Å². The quantitative estimate of drug-likeness (QED) is 0.681. The molecule has 2 aromatic rings. The number of nitrogens with two attached hydrogens (primary N) is 1. The largest absolute Gasteiger partial charge is 0.399 e. The molecule has 0 saturated heterocycles. The molecule has 0 fully saturated rings. The Morgan fingerprint density at radius 2 is 1.35 bits per heavy atom. The Hall–Kier alpha value is -2.59. The van der Waals surface area contributed by atoms with Crippen molar-refractivity contribution in [2.24, 2.45) is 11.1 Å². The highest BCUT2D eigenvalue weighted by Crippen LogP contribution is 2.59. The molecule has 0 saturated carbocycles. The van der Waals surface area contributed by atoms with Gasteiger partial charge in [0.15, 0.2) is 5.41 Å². The number of allylic oxidation sites excluding steroid dienone is 2. The summed E-state index contributed by atoms with van der Waals surface area (Å²) in [5, 5.41) is 29.7. The van der Waals surface area contributed by atoms with Crippen LogP contribution in [0.3, 0.4) is 0 Å². The zero-order valence-corrected chi connectivity index (χ0v) is 16.6. The number of rotatable bonds is 2. The summed E-state index contributed by atoms with van der Waals surface area (Å²) in [6.45, 7) is 0. The van der Waals surface area contributed by atoms with Crippen molar-refractivity contribution in [1.29, 1.82) is 15.8 Å². The van der Waals surface area contributed by atoms with E-state index in [2.05, 4.69) is 50.1 Å². The minimum atomic E-state index is -1.62. The minimum Gasteiger partial charge on any atom is -0.399 e. The summed E-state index contributed by atoms with van der Waals surface area (Å²) in [6.07, 6.45) is 0. The lowest BCUT2D eigenvalue weighted by molar-refractivity contribution is 0.473. The van der Waals surface area contributed by atoms with E-state index in [4.69, 9.17) is 5.73 Å². The van der Waals surface area contributed by atoms with Gasteiger partial charge in [0.05, 0.1) is 29.5 Å². The van der Waals surface area contributed by atoms with E-state index in [9.17, 15) is 15.8 Å². The Balaban J connectivity index is 2.39. The molecule has 2 N–H and O–H groups in total. The first-order chi connectivity index (χ1) is 12.5. The third-order valence-corrected chi connectivity index (χ3v) is 6.22. The fraction of sp³-hybridized carbons (Fsp3) is 0.150. The van der Waals surface area contributed by atoms with Gasteiger partial charge in [-0.25, -0.2) is 0 Å². The molecule has 26 heavy (non-hydrogen) atoms. The topological polar surface area (TPSA) is 97.4 Å². The Kier molecular flexibility index (Phi) is 4.88. The van der Waals surface area contributed by atoms with Crippen LogP contribution in [0.4, 0.5) is 0 Å². The van der Waals surface area contributed by atoms with Crippen LogP contribution in [0.2, 0.25) is 0 Å². The lowest BCUT2D eigenvalue weighted by Gasteiger charge is -2.29. The van der Waals surface area contributed by atoms with Crippen molar-refractivity contribution in [3.63, 3.8) is 0 Å². The van der Waals surface area contributed by atoms with Crippen LogP contribution in [-0.4, -0.2) is 0 Å². The monoisotopic (exact) mass is 466 g/mol. The highest BCUT2D eigenvalue weighted by atomic mass is 79.9. The molecule has 6 heteroatoms. The van der Waals surface area contributed by atoms with E-state index >= 15 is 0 Å². The lowest BCUT2D eigenvalue weighted by atomic mass is 9.70. The first-order valence-electron chi connectivity index (χ1n) is 7.73. The Bertz CT molecular complexity index is 1020.